The van der Waals surface area contributed by atoms with Crippen LogP contribution >= 0.6 is 0 Å². The van der Waals surface area contributed by atoms with Crippen LogP contribution in [-0.2, 0) is 16.0 Å². The molecule has 1 heterocycles. The number of rotatable bonds is 5. The van der Waals surface area contributed by atoms with Gasteiger partial charge in [0.2, 0.25) is 5.91 Å². The Bertz CT molecular complexity index is 646. The zero-order valence-electron chi connectivity index (χ0n) is 11.6. The molecule has 0 spiro atoms. The molecule has 106 valence electrons. The minimum Gasteiger partial charge on any atom is -0.480 e. The highest BCUT2D eigenvalue weighted by Gasteiger charge is 2.19. The second-order valence-electron chi connectivity index (χ2n) is 4.82. The van der Waals surface area contributed by atoms with Crippen LogP contribution in [0.2, 0.25) is 0 Å². The molecule has 3 N–H and O–H groups in total. The van der Waals surface area contributed by atoms with Crippen molar-refractivity contribution < 1.29 is 14.7 Å². The lowest BCUT2D eigenvalue weighted by Crippen LogP contribution is -2.41. The highest BCUT2D eigenvalue weighted by Crippen LogP contribution is 2.22. The first-order chi connectivity index (χ1) is 9.52. The van der Waals surface area contributed by atoms with Gasteiger partial charge in [0.25, 0.3) is 0 Å². The first-order valence-electron chi connectivity index (χ1n) is 6.61. The van der Waals surface area contributed by atoms with E-state index in [-0.39, 0.29) is 12.3 Å². The van der Waals surface area contributed by atoms with Crippen molar-refractivity contribution in [1.29, 1.82) is 0 Å². The predicted molar refractivity (Wildman–Crippen MR) is 76.6 cm³/mol. The van der Waals surface area contributed by atoms with Crippen molar-refractivity contribution in [1.82, 2.24) is 10.3 Å². The third-order valence-corrected chi connectivity index (χ3v) is 3.41. The molecule has 20 heavy (non-hydrogen) atoms. The number of carbonyl (C=O) groups excluding carboxylic acids is 1. The van der Waals surface area contributed by atoms with Gasteiger partial charge in [-0.1, -0.05) is 25.1 Å². The molecule has 0 fully saturated rings. The fourth-order valence-corrected chi connectivity index (χ4v) is 2.31. The average Bonchev–Trinajstić information content (AvgIpc) is 2.72. The largest absolute Gasteiger partial charge is 0.480 e. The smallest absolute Gasteiger partial charge is 0.326 e. The quantitative estimate of drug-likeness (QED) is 0.780. The van der Waals surface area contributed by atoms with Crippen LogP contribution in [0.15, 0.2) is 24.3 Å². The van der Waals surface area contributed by atoms with Gasteiger partial charge < -0.3 is 15.4 Å². The number of benzene rings is 1. The number of para-hydroxylation sites is 1. The molecule has 0 aliphatic carbocycles. The number of aryl methyl sites for hydroxylation is 1. The Morgan fingerprint density at radius 2 is 2.05 bits per heavy atom. The van der Waals surface area contributed by atoms with Crippen LogP contribution in [0.25, 0.3) is 10.9 Å². The predicted octanol–water partition coefficient (Wildman–Crippen LogP) is 2.00. The van der Waals surface area contributed by atoms with E-state index in [0.717, 1.165) is 22.2 Å². The first kappa shape index (κ1) is 14.1. The molecule has 1 atom stereocenters. The molecular weight excluding hydrogens is 256 g/mol. The number of carboxylic acids is 1. The molecule has 0 saturated heterocycles. The second-order valence-corrected chi connectivity index (χ2v) is 4.82. The van der Waals surface area contributed by atoms with E-state index in [0.29, 0.717) is 6.42 Å². The maximum absolute atomic E-state index is 12.0. The lowest BCUT2D eigenvalue weighted by atomic mass is 10.1. The van der Waals surface area contributed by atoms with E-state index >= 15 is 0 Å². The molecule has 1 aromatic carbocycles. The number of fused-ring (bicyclic) bond motifs is 1. The SMILES string of the molecule is CCC(NC(=O)Cc1c(C)[nH]c2ccccc12)C(=O)O. The van der Waals surface area contributed by atoms with Crippen LogP contribution in [0.3, 0.4) is 0 Å². The first-order valence-corrected chi connectivity index (χ1v) is 6.61. The lowest BCUT2D eigenvalue weighted by Gasteiger charge is -2.12. The average molecular weight is 274 g/mol. The number of aromatic nitrogens is 1. The molecule has 1 amide bonds. The van der Waals surface area contributed by atoms with Crippen molar-refractivity contribution in [2.75, 3.05) is 0 Å². The summed E-state index contributed by atoms with van der Waals surface area (Å²) < 4.78 is 0. The molecule has 0 saturated carbocycles. The number of nitrogens with one attached hydrogen (secondary N) is 2. The zero-order chi connectivity index (χ0) is 14.7. The van der Waals surface area contributed by atoms with E-state index < -0.39 is 12.0 Å². The maximum atomic E-state index is 12.0. The fraction of sp³-hybridized carbons (Fsp3) is 0.333. The topological polar surface area (TPSA) is 82.2 Å². The number of amides is 1. The van der Waals surface area contributed by atoms with Gasteiger partial charge in [-0.25, -0.2) is 4.79 Å². The Hall–Kier alpha value is -2.30. The van der Waals surface area contributed by atoms with Crippen molar-refractivity contribution in [3.8, 4) is 0 Å². The minimum atomic E-state index is -1.00. The maximum Gasteiger partial charge on any atom is 0.326 e. The van der Waals surface area contributed by atoms with Gasteiger partial charge in [-0.3, -0.25) is 4.79 Å². The Kier molecular flexibility index (Phi) is 4.08. The van der Waals surface area contributed by atoms with Crippen molar-refractivity contribution in [3.63, 3.8) is 0 Å². The van der Waals surface area contributed by atoms with Gasteiger partial charge in [-0.2, -0.15) is 0 Å². The molecule has 2 aromatic rings. The second kappa shape index (κ2) is 5.77. The number of aliphatic carboxylic acids is 1. The molecule has 0 bridgehead atoms. The number of carboxylic acid groups (broad SMARTS) is 1. The van der Waals surface area contributed by atoms with E-state index in [1.54, 1.807) is 6.92 Å². The van der Waals surface area contributed by atoms with Crippen molar-refractivity contribution in [2.24, 2.45) is 0 Å². The lowest BCUT2D eigenvalue weighted by molar-refractivity contribution is -0.141. The molecule has 0 radical (unpaired) electrons. The summed E-state index contributed by atoms with van der Waals surface area (Å²) in [7, 11) is 0. The third-order valence-electron chi connectivity index (χ3n) is 3.41. The summed E-state index contributed by atoms with van der Waals surface area (Å²) in [5.41, 5.74) is 2.83. The van der Waals surface area contributed by atoms with E-state index in [1.165, 1.54) is 0 Å². The van der Waals surface area contributed by atoms with Crippen molar-refractivity contribution in [2.45, 2.75) is 32.7 Å². The molecule has 1 unspecified atom stereocenters. The van der Waals surface area contributed by atoms with Gasteiger partial charge in [0, 0.05) is 16.6 Å². The van der Waals surface area contributed by atoms with E-state index in [4.69, 9.17) is 5.11 Å². The summed E-state index contributed by atoms with van der Waals surface area (Å²) in [6.45, 7) is 3.65. The van der Waals surface area contributed by atoms with E-state index in [2.05, 4.69) is 10.3 Å². The molecule has 2 rings (SSSR count). The minimum absolute atomic E-state index is 0.180. The van der Waals surface area contributed by atoms with Gasteiger partial charge in [-0.05, 0) is 25.0 Å². The standard InChI is InChI=1S/C15H18N2O3/c1-3-12(15(19)20)17-14(18)8-11-9(2)16-13-7-5-4-6-10(11)13/h4-7,12,16H,3,8H2,1-2H3,(H,17,18)(H,19,20). The normalized spacial score (nSPS) is 12.3. The highest BCUT2D eigenvalue weighted by atomic mass is 16.4. The van der Waals surface area contributed by atoms with Gasteiger partial charge in [0.05, 0.1) is 6.42 Å². The number of carbonyl (C=O) groups is 2. The number of hydrogen-bond acceptors (Lipinski definition) is 2. The van der Waals surface area contributed by atoms with Crippen LogP contribution in [0, 0.1) is 6.92 Å². The fourth-order valence-electron chi connectivity index (χ4n) is 2.31. The zero-order valence-corrected chi connectivity index (χ0v) is 11.6. The Morgan fingerprint density at radius 3 is 2.70 bits per heavy atom. The van der Waals surface area contributed by atoms with Crippen LogP contribution in [0.5, 0.6) is 0 Å². The summed E-state index contributed by atoms with van der Waals surface area (Å²) in [6, 6.07) is 6.93. The Balaban J connectivity index is 2.18. The van der Waals surface area contributed by atoms with Gasteiger partial charge in [-0.15, -0.1) is 0 Å². The number of H-pyrrole nitrogens is 1. The van der Waals surface area contributed by atoms with Crippen LogP contribution in [0.4, 0.5) is 0 Å². The number of aromatic amines is 1. The third kappa shape index (κ3) is 2.82. The summed E-state index contributed by atoms with van der Waals surface area (Å²) in [5.74, 6) is -1.27. The molecule has 0 aliphatic rings. The summed E-state index contributed by atoms with van der Waals surface area (Å²) in [4.78, 5) is 26.1. The molecule has 5 heteroatoms. The summed E-state index contributed by atoms with van der Waals surface area (Å²) >= 11 is 0. The summed E-state index contributed by atoms with van der Waals surface area (Å²) in [5, 5.41) is 12.5. The summed E-state index contributed by atoms with van der Waals surface area (Å²) in [6.07, 6.45) is 0.549. The van der Waals surface area contributed by atoms with Crippen molar-refractivity contribution in [3.05, 3.63) is 35.5 Å². The highest BCUT2D eigenvalue weighted by molar-refractivity contribution is 5.91. The Morgan fingerprint density at radius 1 is 1.35 bits per heavy atom. The van der Waals surface area contributed by atoms with E-state index in [9.17, 15) is 9.59 Å². The Labute approximate surface area is 117 Å². The van der Waals surface area contributed by atoms with Gasteiger partial charge in [0.15, 0.2) is 0 Å². The number of hydrogen-bond donors (Lipinski definition) is 3. The van der Waals surface area contributed by atoms with Crippen LogP contribution in [-0.4, -0.2) is 28.0 Å². The molecule has 5 nitrogen and oxygen atoms in total. The molecule has 0 aliphatic heterocycles. The van der Waals surface area contributed by atoms with Gasteiger partial charge in [0.1, 0.15) is 6.04 Å². The van der Waals surface area contributed by atoms with Crippen LogP contribution in [0.1, 0.15) is 24.6 Å². The van der Waals surface area contributed by atoms with Crippen LogP contribution < -0.4 is 5.32 Å². The van der Waals surface area contributed by atoms with E-state index in [1.807, 2.05) is 31.2 Å². The monoisotopic (exact) mass is 274 g/mol. The molecule has 1 aromatic heterocycles. The van der Waals surface area contributed by atoms with Crippen molar-refractivity contribution >= 4 is 22.8 Å². The molecular formula is C15H18N2O3. The van der Waals surface area contributed by atoms with Gasteiger partial charge >= 0.3 is 5.97 Å².